The summed E-state index contributed by atoms with van der Waals surface area (Å²) in [5.41, 5.74) is 0.259. The van der Waals surface area contributed by atoms with Crippen LogP contribution in [0.2, 0.25) is 0 Å². The summed E-state index contributed by atoms with van der Waals surface area (Å²) in [6.07, 6.45) is 5.14. The van der Waals surface area contributed by atoms with Gasteiger partial charge in [-0.05, 0) is 18.8 Å². The van der Waals surface area contributed by atoms with E-state index >= 15 is 0 Å². The molecule has 0 amide bonds. The molecule has 0 aliphatic heterocycles. The molecule has 0 aliphatic carbocycles. The van der Waals surface area contributed by atoms with Crippen molar-refractivity contribution in [2.45, 2.75) is 33.2 Å². The van der Waals surface area contributed by atoms with Crippen LogP contribution >= 0.6 is 0 Å². The molecule has 0 bridgehead atoms. The molecule has 0 unspecified atom stereocenters. The SMILES string of the molecule is CC(C)CCCn1cc(C(=O)O)cn1. The number of aromatic nitrogens is 2. The van der Waals surface area contributed by atoms with Crippen LogP contribution in [0, 0.1) is 5.92 Å². The van der Waals surface area contributed by atoms with Crippen LogP contribution in [0.1, 0.15) is 37.0 Å². The van der Waals surface area contributed by atoms with Gasteiger partial charge in [-0.15, -0.1) is 0 Å². The van der Waals surface area contributed by atoms with E-state index in [1.165, 1.54) is 6.20 Å². The predicted octanol–water partition coefficient (Wildman–Crippen LogP) is 2.02. The van der Waals surface area contributed by atoms with Gasteiger partial charge in [0.2, 0.25) is 0 Å². The zero-order chi connectivity index (χ0) is 10.6. The van der Waals surface area contributed by atoms with E-state index < -0.39 is 5.97 Å². The van der Waals surface area contributed by atoms with E-state index in [0.717, 1.165) is 19.4 Å². The van der Waals surface area contributed by atoms with E-state index in [-0.39, 0.29) is 5.56 Å². The van der Waals surface area contributed by atoms with Gasteiger partial charge in [0, 0.05) is 12.7 Å². The number of aromatic carboxylic acids is 1. The molecular formula is C10H16N2O2. The summed E-state index contributed by atoms with van der Waals surface area (Å²) in [6.45, 7) is 5.14. The highest BCUT2D eigenvalue weighted by atomic mass is 16.4. The van der Waals surface area contributed by atoms with Crippen LogP contribution in [0.5, 0.6) is 0 Å². The van der Waals surface area contributed by atoms with Gasteiger partial charge >= 0.3 is 5.97 Å². The quantitative estimate of drug-likeness (QED) is 0.783. The smallest absolute Gasteiger partial charge is 0.338 e. The summed E-state index contributed by atoms with van der Waals surface area (Å²) in [7, 11) is 0. The van der Waals surface area contributed by atoms with Crippen LogP contribution in [0.4, 0.5) is 0 Å². The molecule has 0 aliphatic rings. The van der Waals surface area contributed by atoms with Gasteiger partial charge in [-0.25, -0.2) is 4.79 Å². The molecule has 0 saturated carbocycles. The summed E-state index contributed by atoms with van der Waals surface area (Å²) < 4.78 is 1.69. The number of nitrogens with zero attached hydrogens (tertiary/aromatic N) is 2. The molecule has 0 atom stereocenters. The first-order valence-corrected chi connectivity index (χ1v) is 4.85. The Morgan fingerprint density at radius 2 is 2.36 bits per heavy atom. The highest BCUT2D eigenvalue weighted by Crippen LogP contribution is 2.05. The van der Waals surface area contributed by atoms with Gasteiger partial charge in [0.05, 0.1) is 11.8 Å². The number of hydrogen-bond acceptors (Lipinski definition) is 2. The Labute approximate surface area is 83.5 Å². The molecule has 4 heteroatoms. The van der Waals surface area contributed by atoms with Gasteiger partial charge < -0.3 is 5.11 Å². The van der Waals surface area contributed by atoms with Crippen molar-refractivity contribution >= 4 is 5.97 Å². The summed E-state index contributed by atoms with van der Waals surface area (Å²) in [5, 5.41) is 12.6. The van der Waals surface area contributed by atoms with Gasteiger partial charge in [-0.1, -0.05) is 13.8 Å². The van der Waals surface area contributed by atoms with E-state index in [0.29, 0.717) is 5.92 Å². The number of aryl methyl sites for hydroxylation is 1. The maximum absolute atomic E-state index is 10.5. The Hall–Kier alpha value is -1.32. The minimum absolute atomic E-state index is 0.259. The average Bonchev–Trinajstić information content (AvgIpc) is 2.52. The first-order chi connectivity index (χ1) is 6.59. The second-order valence-corrected chi connectivity index (χ2v) is 3.83. The van der Waals surface area contributed by atoms with E-state index in [4.69, 9.17) is 5.11 Å². The third-order valence-corrected chi connectivity index (χ3v) is 2.05. The number of rotatable bonds is 5. The van der Waals surface area contributed by atoms with E-state index in [2.05, 4.69) is 18.9 Å². The fraction of sp³-hybridized carbons (Fsp3) is 0.600. The van der Waals surface area contributed by atoms with Crippen molar-refractivity contribution in [1.82, 2.24) is 9.78 Å². The zero-order valence-electron chi connectivity index (χ0n) is 8.60. The highest BCUT2D eigenvalue weighted by molar-refractivity contribution is 5.86. The Bertz CT molecular complexity index is 305. The number of carboxylic acid groups (broad SMARTS) is 1. The molecule has 78 valence electrons. The molecule has 4 nitrogen and oxygen atoms in total. The predicted molar refractivity (Wildman–Crippen MR) is 53.3 cm³/mol. The minimum atomic E-state index is -0.917. The zero-order valence-corrected chi connectivity index (χ0v) is 8.60. The van der Waals surface area contributed by atoms with Crippen molar-refractivity contribution in [2.24, 2.45) is 5.92 Å². The third-order valence-electron chi connectivity index (χ3n) is 2.05. The highest BCUT2D eigenvalue weighted by Gasteiger charge is 2.05. The topological polar surface area (TPSA) is 55.1 Å². The normalized spacial score (nSPS) is 10.8. The van der Waals surface area contributed by atoms with Crippen LogP contribution in [-0.4, -0.2) is 20.9 Å². The van der Waals surface area contributed by atoms with Gasteiger partial charge in [0.1, 0.15) is 0 Å². The van der Waals surface area contributed by atoms with Gasteiger partial charge in [0.15, 0.2) is 0 Å². The van der Waals surface area contributed by atoms with Crippen LogP contribution in [0.15, 0.2) is 12.4 Å². The standard InChI is InChI=1S/C10H16N2O2/c1-8(2)4-3-5-12-7-9(6-11-12)10(13)14/h6-8H,3-5H2,1-2H3,(H,13,14). The molecule has 0 radical (unpaired) electrons. The largest absolute Gasteiger partial charge is 0.478 e. The molecule has 0 saturated heterocycles. The van der Waals surface area contributed by atoms with Crippen molar-refractivity contribution in [3.63, 3.8) is 0 Å². The molecule has 1 aromatic heterocycles. The van der Waals surface area contributed by atoms with E-state index in [9.17, 15) is 4.79 Å². The lowest BCUT2D eigenvalue weighted by atomic mass is 10.1. The number of carboxylic acids is 1. The van der Waals surface area contributed by atoms with E-state index in [1.54, 1.807) is 10.9 Å². The van der Waals surface area contributed by atoms with Crippen molar-refractivity contribution in [2.75, 3.05) is 0 Å². The van der Waals surface area contributed by atoms with E-state index in [1.807, 2.05) is 0 Å². The van der Waals surface area contributed by atoms with Crippen molar-refractivity contribution in [3.05, 3.63) is 18.0 Å². The summed E-state index contributed by atoms with van der Waals surface area (Å²) in [6, 6.07) is 0. The molecule has 14 heavy (non-hydrogen) atoms. The van der Waals surface area contributed by atoms with Crippen molar-refractivity contribution in [1.29, 1.82) is 0 Å². The maximum Gasteiger partial charge on any atom is 0.338 e. The van der Waals surface area contributed by atoms with Crippen LogP contribution in [0.25, 0.3) is 0 Å². The fourth-order valence-electron chi connectivity index (χ4n) is 1.26. The number of hydrogen-bond donors (Lipinski definition) is 1. The van der Waals surface area contributed by atoms with Crippen molar-refractivity contribution in [3.8, 4) is 0 Å². The lowest BCUT2D eigenvalue weighted by Gasteiger charge is -2.03. The van der Waals surface area contributed by atoms with Crippen LogP contribution in [0.3, 0.4) is 0 Å². The molecule has 0 aromatic carbocycles. The van der Waals surface area contributed by atoms with Gasteiger partial charge in [-0.2, -0.15) is 5.10 Å². The van der Waals surface area contributed by atoms with Crippen LogP contribution < -0.4 is 0 Å². The Kier molecular flexibility index (Phi) is 3.68. The second-order valence-electron chi connectivity index (χ2n) is 3.83. The third kappa shape index (κ3) is 3.20. The first-order valence-electron chi connectivity index (χ1n) is 4.85. The Balaban J connectivity index is 2.40. The summed E-state index contributed by atoms with van der Waals surface area (Å²) >= 11 is 0. The molecule has 1 rings (SSSR count). The van der Waals surface area contributed by atoms with Gasteiger partial charge in [-0.3, -0.25) is 4.68 Å². The molecular weight excluding hydrogens is 180 g/mol. The Morgan fingerprint density at radius 1 is 1.64 bits per heavy atom. The number of carbonyl (C=O) groups is 1. The van der Waals surface area contributed by atoms with Gasteiger partial charge in [0.25, 0.3) is 0 Å². The maximum atomic E-state index is 10.5. The second kappa shape index (κ2) is 4.79. The summed E-state index contributed by atoms with van der Waals surface area (Å²) in [5.74, 6) is -0.232. The molecule has 1 heterocycles. The molecule has 1 aromatic rings. The molecule has 0 spiro atoms. The monoisotopic (exact) mass is 196 g/mol. The summed E-state index contributed by atoms with van der Waals surface area (Å²) in [4.78, 5) is 10.5. The average molecular weight is 196 g/mol. The Morgan fingerprint density at radius 3 is 2.86 bits per heavy atom. The lowest BCUT2D eigenvalue weighted by Crippen LogP contribution is -2.00. The van der Waals surface area contributed by atoms with Crippen LogP contribution in [-0.2, 0) is 6.54 Å². The fourth-order valence-corrected chi connectivity index (χ4v) is 1.26. The molecule has 0 fully saturated rings. The van der Waals surface area contributed by atoms with Crippen molar-refractivity contribution < 1.29 is 9.90 Å². The lowest BCUT2D eigenvalue weighted by molar-refractivity contribution is 0.0697. The molecule has 1 N–H and O–H groups in total. The minimum Gasteiger partial charge on any atom is -0.478 e. The first kappa shape index (κ1) is 10.8.